The minimum Gasteiger partial charge on any atom is -0.489 e. The molecule has 0 spiro atoms. The fourth-order valence-electron chi connectivity index (χ4n) is 2.28. The first-order valence-corrected chi connectivity index (χ1v) is 6.38. The maximum atomic E-state index is 13.4. The second-order valence-corrected chi connectivity index (χ2v) is 4.72. The van der Waals surface area contributed by atoms with Gasteiger partial charge in [0, 0.05) is 12.6 Å². The molecule has 1 N–H and O–H groups in total. The maximum absolute atomic E-state index is 13.4. The van der Waals surface area contributed by atoms with Crippen LogP contribution >= 0.6 is 0 Å². The van der Waals surface area contributed by atoms with Crippen molar-refractivity contribution in [3.63, 3.8) is 0 Å². The van der Waals surface area contributed by atoms with Crippen molar-refractivity contribution in [2.24, 2.45) is 0 Å². The number of ether oxygens (including phenoxy) is 1. The smallest absolute Gasteiger partial charge is 0.165 e. The highest BCUT2D eigenvalue weighted by atomic mass is 19.1. The van der Waals surface area contributed by atoms with Crippen molar-refractivity contribution in [2.75, 3.05) is 13.2 Å². The van der Waals surface area contributed by atoms with E-state index in [4.69, 9.17) is 4.74 Å². The first kappa shape index (κ1) is 12.4. The first-order chi connectivity index (χ1) is 8.25. The number of aryl methyl sites for hydroxylation is 1. The van der Waals surface area contributed by atoms with E-state index in [-0.39, 0.29) is 5.82 Å². The molecule has 2 rings (SSSR count). The van der Waals surface area contributed by atoms with Crippen LogP contribution in [0.3, 0.4) is 0 Å². The summed E-state index contributed by atoms with van der Waals surface area (Å²) in [5, 5.41) is 3.44. The molecule has 0 amide bonds. The molecule has 0 heterocycles. The molecule has 0 radical (unpaired) electrons. The van der Waals surface area contributed by atoms with Crippen LogP contribution in [-0.4, -0.2) is 19.2 Å². The summed E-state index contributed by atoms with van der Waals surface area (Å²) in [5.74, 6) is 0.0784. The van der Waals surface area contributed by atoms with Crippen LogP contribution in [0.2, 0.25) is 0 Å². The summed E-state index contributed by atoms with van der Waals surface area (Å²) in [6, 6.07) is 5.58. The van der Waals surface area contributed by atoms with Gasteiger partial charge in [-0.2, -0.15) is 0 Å². The van der Waals surface area contributed by atoms with Gasteiger partial charge in [0.2, 0.25) is 0 Å². The molecule has 1 saturated carbocycles. The molecule has 0 bridgehead atoms. The van der Waals surface area contributed by atoms with Crippen molar-refractivity contribution in [3.8, 4) is 5.75 Å². The Kier molecular flexibility index (Phi) is 4.37. The van der Waals surface area contributed by atoms with Crippen LogP contribution in [0, 0.1) is 12.7 Å². The molecule has 0 aromatic heterocycles. The van der Waals surface area contributed by atoms with Crippen LogP contribution in [0.1, 0.15) is 31.2 Å². The van der Waals surface area contributed by atoms with E-state index >= 15 is 0 Å². The molecule has 1 aromatic rings. The van der Waals surface area contributed by atoms with Gasteiger partial charge in [-0.1, -0.05) is 18.9 Å². The van der Waals surface area contributed by atoms with Crippen LogP contribution in [0.5, 0.6) is 5.75 Å². The zero-order chi connectivity index (χ0) is 12.1. The number of nitrogens with one attached hydrogen (secondary N) is 1. The zero-order valence-electron chi connectivity index (χ0n) is 10.3. The van der Waals surface area contributed by atoms with Gasteiger partial charge in [0.15, 0.2) is 11.6 Å². The zero-order valence-corrected chi connectivity index (χ0v) is 10.3. The molecule has 1 aliphatic rings. The second kappa shape index (κ2) is 6.01. The molecule has 0 unspecified atom stereocenters. The topological polar surface area (TPSA) is 21.3 Å². The van der Waals surface area contributed by atoms with Gasteiger partial charge in [0.25, 0.3) is 0 Å². The Balaban J connectivity index is 1.72. The van der Waals surface area contributed by atoms with E-state index in [2.05, 4.69) is 5.32 Å². The van der Waals surface area contributed by atoms with E-state index in [0.29, 0.717) is 18.4 Å². The van der Waals surface area contributed by atoms with Crippen molar-refractivity contribution < 1.29 is 9.13 Å². The predicted molar refractivity (Wildman–Crippen MR) is 66.9 cm³/mol. The lowest BCUT2D eigenvalue weighted by molar-refractivity contribution is 0.291. The predicted octanol–water partition coefficient (Wildman–Crippen LogP) is 3.05. The summed E-state index contributed by atoms with van der Waals surface area (Å²) in [4.78, 5) is 0. The van der Waals surface area contributed by atoms with Gasteiger partial charge >= 0.3 is 0 Å². The lowest BCUT2D eigenvalue weighted by Crippen LogP contribution is -2.30. The minimum absolute atomic E-state index is 0.281. The average molecular weight is 237 g/mol. The molecule has 94 valence electrons. The molecular formula is C14H20FNO. The van der Waals surface area contributed by atoms with E-state index in [9.17, 15) is 4.39 Å². The Morgan fingerprint density at radius 1 is 1.35 bits per heavy atom. The molecule has 1 aromatic carbocycles. The van der Waals surface area contributed by atoms with Gasteiger partial charge in [-0.15, -0.1) is 0 Å². The number of rotatable bonds is 5. The molecular weight excluding hydrogens is 217 g/mol. The van der Waals surface area contributed by atoms with Gasteiger partial charge in [-0.3, -0.25) is 0 Å². The molecule has 1 aliphatic carbocycles. The number of hydrogen-bond acceptors (Lipinski definition) is 2. The number of hydrogen-bond donors (Lipinski definition) is 1. The monoisotopic (exact) mass is 237 g/mol. The third-order valence-electron chi connectivity index (χ3n) is 3.23. The third kappa shape index (κ3) is 3.70. The molecule has 17 heavy (non-hydrogen) atoms. The van der Waals surface area contributed by atoms with Crippen LogP contribution < -0.4 is 10.1 Å². The lowest BCUT2D eigenvalue weighted by Gasteiger charge is -2.12. The highest BCUT2D eigenvalue weighted by Crippen LogP contribution is 2.19. The first-order valence-electron chi connectivity index (χ1n) is 6.38. The Labute approximate surface area is 102 Å². The standard InChI is InChI=1S/C14H20FNO/c1-11-6-7-13(15)14(10-11)17-9-8-16-12-4-2-3-5-12/h6-7,10,12,16H,2-5,8-9H2,1H3. The summed E-state index contributed by atoms with van der Waals surface area (Å²) >= 11 is 0. The Hall–Kier alpha value is -1.09. The molecule has 0 saturated heterocycles. The van der Waals surface area contributed by atoms with E-state index in [1.54, 1.807) is 12.1 Å². The lowest BCUT2D eigenvalue weighted by atomic mass is 10.2. The van der Waals surface area contributed by atoms with Crippen molar-refractivity contribution in [1.29, 1.82) is 0 Å². The quantitative estimate of drug-likeness (QED) is 0.795. The normalized spacial score (nSPS) is 16.4. The summed E-state index contributed by atoms with van der Waals surface area (Å²) in [6.45, 7) is 3.25. The number of benzene rings is 1. The van der Waals surface area contributed by atoms with Crippen molar-refractivity contribution in [3.05, 3.63) is 29.6 Å². The summed E-state index contributed by atoms with van der Waals surface area (Å²) < 4.78 is 18.8. The highest BCUT2D eigenvalue weighted by Gasteiger charge is 2.13. The largest absolute Gasteiger partial charge is 0.489 e. The van der Waals surface area contributed by atoms with Gasteiger partial charge in [-0.05, 0) is 37.5 Å². The average Bonchev–Trinajstić information content (AvgIpc) is 2.82. The van der Waals surface area contributed by atoms with Crippen LogP contribution in [0.25, 0.3) is 0 Å². The Morgan fingerprint density at radius 3 is 2.88 bits per heavy atom. The molecule has 1 fully saturated rings. The van der Waals surface area contributed by atoms with Gasteiger partial charge < -0.3 is 10.1 Å². The third-order valence-corrected chi connectivity index (χ3v) is 3.23. The molecule has 2 nitrogen and oxygen atoms in total. The SMILES string of the molecule is Cc1ccc(F)c(OCCNC2CCCC2)c1. The fraction of sp³-hybridized carbons (Fsp3) is 0.571. The van der Waals surface area contributed by atoms with Gasteiger partial charge in [0.1, 0.15) is 6.61 Å². The summed E-state index contributed by atoms with van der Waals surface area (Å²) in [7, 11) is 0. The van der Waals surface area contributed by atoms with Gasteiger partial charge in [0.05, 0.1) is 0 Å². The molecule has 0 atom stereocenters. The minimum atomic E-state index is -0.281. The van der Waals surface area contributed by atoms with Crippen molar-refractivity contribution in [1.82, 2.24) is 5.32 Å². The number of halogens is 1. The Morgan fingerprint density at radius 2 is 2.12 bits per heavy atom. The van der Waals surface area contributed by atoms with E-state index in [0.717, 1.165) is 12.1 Å². The van der Waals surface area contributed by atoms with Crippen molar-refractivity contribution in [2.45, 2.75) is 38.6 Å². The summed E-state index contributed by atoms with van der Waals surface area (Å²) in [6.07, 6.45) is 5.17. The summed E-state index contributed by atoms with van der Waals surface area (Å²) in [5.41, 5.74) is 1.02. The fourth-order valence-corrected chi connectivity index (χ4v) is 2.28. The maximum Gasteiger partial charge on any atom is 0.165 e. The van der Waals surface area contributed by atoms with E-state index in [1.165, 1.54) is 31.7 Å². The molecule has 0 aliphatic heterocycles. The Bertz CT molecular complexity index is 361. The second-order valence-electron chi connectivity index (χ2n) is 4.72. The van der Waals surface area contributed by atoms with Crippen molar-refractivity contribution >= 4 is 0 Å². The van der Waals surface area contributed by atoms with Gasteiger partial charge in [-0.25, -0.2) is 4.39 Å². The van der Waals surface area contributed by atoms with Crippen LogP contribution in [0.15, 0.2) is 18.2 Å². The van der Waals surface area contributed by atoms with Crippen LogP contribution in [-0.2, 0) is 0 Å². The van der Waals surface area contributed by atoms with E-state index in [1.807, 2.05) is 6.92 Å². The van der Waals surface area contributed by atoms with E-state index < -0.39 is 0 Å². The highest BCUT2D eigenvalue weighted by molar-refractivity contribution is 5.29. The molecule has 3 heteroatoms. The van der Waals surface area contributed by atoms with Crippen LogP contribution in [0.4, 0.5) is 4.39 Å².